The van der Waals surface area contributed by atoms with Crippen molar-refractivity contribution in [2.45, 2.75) is 0 Å². The molecule has 3 nitrogen and oxygen atoms in total. The maximum absolute atomic E-state index is 8.87. The number of aliphatic hydroxyl groups excluding tert-OH is 1. The van der Waals surface area contributed by atoms with Crippen molar-refractivity contribution in [3.63, 3.8) is 0 Å². The zero-order chi connectivity index (χ0) is 11.4. The molecular formula is C12H17ClN2O. The number of hydrogen-bond acceptors (Lipinski definition) is 3. The second-order valence-corrected chi connectivity index (χ2v) is 4.47. The molecule has 2 rings (SSSR count). The van der Waals surface area contributed by atoms with E-state index >= 15 is 0 Å². The van der Waals surface area contributed by atoms with E-state index in [9.17, 15) is 0 Å². The summed E-state index contributed by atoms with van der Waals surface area (Å²) in [5, 5.41) is 9.65. The fourth-order valence-corrected chi connectivity index (χ4v) is 2.23. The molecule has 1 saturated heterocycles. The van der Waals surface area contributed by atoms with Crippen LogP contribution in [0.25, 0.3) is 0 Å². The quantitative estimate of drug-likeness (QED) is 0.867. The summed E-state index contributed by atoms with van der Waals surface area (Å²) in [6, 6.07) is 7.97. The molecule has 1 N–H and O–H groups in total. The van der Waals surface area contributed by atoms with Crippen molar-refractivity contribution in [2.75, 3.05) is 44.2 Å². The van der Waals surface area contributed by atoms with Crippen LogP contribution in [-0.4, -0.2) is 49.3 Å². The molecule has 0 bridgehead atoms. The topological polar surface area (TPSA) is 26.7 Å². The number of aliphatic hydroxyl groups is 1. The van der Waals surface area contributed by atoms with Crippen LogP contribution in [-0.2, 0) is 0 Å². The molecule has 1 heterocycles. The fraction of sp³-hybridized carbons (Fsp3) is 0.500. The SMILES string of the molecule is OCCN1CCN(c2cccc(Cl)c2)CC1. The first kappa shape index (κ1) is 11.7. The Labute approximate surface area is 101 Å². The van der Waals surface area contributed by atoms with E-state index in [0.29, 0.717) is 0 Å². The second kappa shape index (κ2) is 5.53. The summed E-state index contributed by atoms with van der Waals surface area (Å²) in [5.74, 6) is 0. The first-order valence-corrected chi connectivity index (χ1v) is 6.01. The molecule has 16 heavy (non-hydrogen) atoms. The van der Waals surface area contributed by atoms with E-state index in [-0.39, 0.29) is 6.61 Å². The molecule has 0 aliphatic carbocycles. The fourth-order valence-electron chi connectivity index (χ4n) is 2.04. The molecule has 0 aromatic heterocycles. The highest BCUT2D eigenvalue weighted by atomic mass is 35.5. The summed E-state index contributed by atoms with van der Waals surface area (Å²) in [4.78, 5) is 4.61. The Morgan fingerprint density at radius 2 is 1.94 bits per heavy atom. The standard InChI is InChI=1S/C12H17ClN2O/c13-11-2-1-3-12(10-11)15-6-4-14(5-7-15)8-9-16/h1-3,10,16H,4-9H2. The minimum Gasteiger partial charge on any atom is -0.395 e. The van der Waals surface area contributed by atoms with E-state index < -0.39 is 0 Å². The monoisotopic (exact) mass is 240 g/mol. The van der Waals surface area contributed by atoms with Gasteiger partial charge in [-0.05, 0) is 18.2 Å². The van der Waals surface area contributed by atoms with Crippen LogP contribution >= 0.6 is 11.6 Å². The van der Waals surface area contributed by atoms with Gasteiger partial charge in [0.15, 0.2) is 0 Å². The van der Waals surface area contributed by atoms with Crippen LogP contribution in [0.4, 0.5) is 5.69 Å². The van der Waals surface area contributed by atoms with E-state index in [4.69, 9.17) is 16.7 Å². The van der Waals surface area contributed by atoms with Gasteiger partial charge in [0, 0.05) is 43.4 Å². The number of halogens is 1. The van der Waals surface area contributed by atoms with Gasteiger partial charge in [-0.3, -0.25) is 4.90 Å². The Kier molecular flexibility index (Phi) is 4.04. The summed E-state index contributed by atoms with van der Waals surface area (Å²) in [6.45, 7) is 5.04. The lowest BCUT2D eigenvalue weighted by Gasteiger charge is -2.35. The third-order valence-corrected chi connectivity index (χ3v) is 3.20. The zero-order valence-electron chi connectivity index (χ0n) is 9.27. The first-order chi connectivity index (χ1) is 7.79. The summed E-state index contributed by atoms with van der Waals surface area (Å²) < 4.78 is 0. The Morgan fingerprint density at radius 3 is 2.56 bits per heavy atom. The molecule has 4 heteroatoms. The average molecular weight is 241 g/mol. The minimum absolute atomic E-state index is 0.247. The molecular weight excluding hydrogens is 224 g/mol. The predicted molar refractivity (Wildman–Crippen MR) is 67.2 cm³/mol. The molecule has 1 aliphatic heterocycles. The molecule has 1 aromatic rings. The van der Waals surface area contributed by atoms with Crippen LogP contribution in [0.15, 0.2) is 24.3 Å². The Hall–Kier alpha value is -0.770. The summed E-state index contributed by atoms with van der Waals surface area (Å²) in [5.41, 5.74) is 1.19. The predicted octanol–water partition coefficient (Wildman–Crippen LogP) is 1.45. The van der Waals surface area contributed by atoms with Crippen LogP contribution in [0.3, 0.4) is 0 Å². The van der Waals surface area contributed by atoms with E-state index in [0.717, 1.165) is 37.7 Å². The van der Waals surface area contributed by atoms with E-state index in [1.54, 1.807) is 0 Å². The van der Waals surface area contributed by atoms with Gasteiger partial charge in [-0.1, -0.05) is 17.7 Å². The first-order valence-electron chi connectivity index (χ1n) is 5.63. The summed E-state index contributed by atoms with van der Waals surface area (Å²) >= 11 is 5.97. The van der Waals surface area contributed by atoms with Crippen LogP contribution in [0.2, 0.25) is 5.02 Å². The lowest BCUT2D eigenvalue weighted by Crippen LogP contribution is -2.47. The Morgan fingerprint density at radius 1 is 1.19 bits per heavy atom. The average Bonchev–Trinajstić information content (AvgIpc) is 2.30. The molecule has 0 amide bonds. The number of piperazine rings is 1. The number of β-amino-alcohol motifs (C(OH)–C–C–N with tert-alkyl or cyclic N) is 1. The van der Waals surface area contributed by atoms with Crippen LogP contribution in [0.1, 0.15) is 0 Å². The second-order valence-electron chi connectivity index (χ2n) is 4.03. The van der Waals surface area contributed by atoms with Gasteiger partial charge < -0.3 is 10.0 Å². The van der Waals surface area contributed by atoms with Crippen LogP contribution < -0.4 is 4.90 Å². The highest BCUT2D eigenvalue weighted by Crippen LogP contribution is 2.20. The number of benzene rings is 1. The smallest absolute Gasteiger partial charge is 0.0558 e. The summed E-state index contributed by atoms with van der Waals surface area (Å²) in [6.07, 6.45) is 0. The van der Waals surface area contributed by atoms with Crippen molar-refractivity contribution in [3.05, 3.63) is 29.3 Å². The van der Waals surface area contributed by atoms with Crippen molar-refractivity contribution >= 4 is 17.3 Å². The maximum atomic E-state index is 8.87. The minimum atomic E-state index is 0.247. The third kappa shape index (κ3) is 2.88. The number of hydrogen-bond donors (Lipinski definition) is 1. The normalized spacial score (nSPS) is 17.8. The van der Waals surface area contributed by atoms with Crippen molar-refractivity contribution in [1.29, 1.82) is 0 Å². The lowest BCUT2D eigenvalue weighted by molar-refractivity contribution is 0.189. The molecule has 1 fully saturated rings. The molecule has 0 saturated carbocycles. The van der Waals surface area contributed by atoms with Gasteiger partial charge in [-0.2, -0.15) is 0 Å². The van der Waals surface area contributed by atoms with Gasteiger partial charge in [0.1, 0.15) is 0 Å². The van der Waals surface area contributed by atoms with Gasteiger partial charge in [0.25, 0.3) is 0 Å². The van der Waals surface area contributed by atoms with Crippen LogP contribution in [0, 0.1) is 0 Å². The van der Waals surface area contributed by atoms with Crippen molar-refractivity contribution in [2.24, 2.45) is 0 Å². The molecule has 0 spiro atoms. The Balaban J connectivity index is 1.94. The highest BCUT2D eigenvalue weighted by Gasteiger charge is 2.16. The van der Waals surface area contributed by atoms with Gasteiger partial charge in [-0.15, -0.1) is 0 Å². The van der Waals surface area contributed by atoms with Gasteiger partial charge >= 0.3 is 0 Å². The van der Waals surface area contributed by atoms with Crippen molar-refractivity contribution < 1.29 is 5.11 Å². The number of rotatable bonds is 3. The number of nitrogens with zero attached hydrogens (tertiary/aromatic N) is 2. The lowest BCUT2D eigenvalue weighted by atomic mass is 10.2. The largest absolute Gasteiger partial charge is 0.395 e. The van der Waals surface area contributed by atoms with Gasteiger partial charge in [-0.25, -0.2) is 0 Å². The van der Waals surface area contributed by atoms with Gasteiger partial charge in [0.05, 0.1) is 6.61 Å². The van der Waals surface area contributed by atoms with E-state index in [1.165, 1.54) is 5.69 Å². The van der Waals surface area contributed by atoms with Gasteiger partial charge in [0.2, 0.25) is 0 Å². The molecule has 0 unspecified atom stereocenters. The molecule has 1 aliphatic rings. The molecule has 0 radical (unpaired) electrons. The van der Waals surface area contributed by atoms with E-state index in [2.05, 4.69) is 15.9 Å². The van der Waals surface area contributed by atoms with Crippen LogP contribution in [0.5, 0.6) is 0 Å². The summed E-state index contributed by atoms with van der Waals surface area (Å²) in [7, 11) is 0. The molecule has 0 atom stereocenters. The van der Waals surface area contributed by atoms with Crippen molar-refractivity contribution in [3.8, 4) is 0 Å². The Bertz CT molecular complexity index is 338. The van der Waals surface area contributed by atoms with E-state index in [1.807, 2.05) is 18.2 Å². The highest BCUT2D eigenvalue weighted by molar-refractivity contribution is 6.30. The molecule has 1 aromatic carbocycles. The van der Waals surface area contributed by atoms with Crippen molar-refractivity contribution in [1.82, 2.24) is 4.90 Å². The zero-order valence-corrected chi connectivity index (χ0v) is 10.0. The molecule has 88 valence electrons. The third-order valence-electron chi connectivity index (χ3n) is 2.96. The number of anilines is 1. The maximum Gasteiger partial charge on any atom is 0.0558 e.